The molecule has 0 spiro atoms. The molecule has 0 saturated heterocycles. The highest BCUT2D eigenvalue weighted by atomic mass is 19.1. The van der Waals surface area contributed by atoms with Gasteiger partial charge in [-0.15, -0.1) is 0 Å². The number of hydrogen-bond donors (Lipinski definition) is 2. The van der Waals surface area contributed by atoms with Crippen molar-refractivity contribution in [2.75, 3.05) is 0 Å². The molecule has 4 aromatic rings. The van der Waals surface area contributed by atoms with Crippen LogP contribution in [0.2, 0.25) is 0 Å². The van der Waals surface area contributed by atoms with E-state index in [1.54, 1.807) is 18.2 Å². The Morgan fingerprint density at radius 3 is 2.67 bits per heavy atom. The van der Waals surface area contributed by atoms with Crippen molar-refractivity contribution in [3.8, 4) is 11.5 Å². The Labute approximate surface area is 191 Å². The number of aromatic amines is 2. The molecule has 2 N–H and O–H groups in total. The van der Waals surface area contributed by atoms with E-state index in [9.17, 15) is 4.39 Å². The van der Waals surface area contributed by atoms with Gasteiger partial charge < -0.3 is 4.98 Å². The van der Waals surface area contributed by atoms with Gasteiger partial charge >= 0.3 is 0 Å². The normalized spacial score (nSPS) is 12.6. The van der Waals surface area contributed by atoms with E-state index in [4.69, 9.17) is 9.97 Å². The fourth-order valence-electron chi connectivity index (χ4n) is 3.65. The highest BCUT2D eigenvalue weighted by Gasteiger charge is 2.19. The zero-order valence-electron chi connectivity index (χ0n) is 18.6. The van der Waals surface area contributed by atoms with E-state index in [1.807, 2.05) is 56.4 Å². The standard InChI is InChI=1S/C27H24FN5/c1-5-8-11-18(7-3)22-14-15-23-25(30-22)26(33-32-23)27-29-17(4)24(31-27)21(10-6-2)19-12-9-13-20(28)16-19/h5-16H,1-2H2,3-4H3,(H,29,31)(H,32,33)/b11-8-,18-7+,21-10-. The predicted molar refractivity (Wildman–Crippen MR) is 133 cm³/mol. The van der Waals surface area contributed by atoms with Gasteiger partial charge in [0.15, 0.2) is 11.5 Å². The molecule has 1 aromatic carbocycles. The summed E-state index contributed by atoms with van der Waals surface area (Å²) in [7, 11) is 0. The maximum atomic E-state index is 13.9. The first-order valence-electron chi connectivity index (χ1n) is 10.5. The molecule has 0 aliphatic heterocycles. The summed E-state index contributed by atoms with van der Waals surface area (Å²) < 4.78 is 13.9. The van der Waals surface area contributed by atoms with E-state index in [0.29, 0.717) is 22.7 Å². The highest BCUT2D eigenvalue weighted by Crippen LogP contribution is 2.30. The van der Waals surface area contributed by atoms with Gasteiger partial charge in [0, 0.05) is 11.3 Å². The Morgan fingerprint density at radius 1 is 1.09 bits per heavy atom. The fraction of sp³-hybridized carbons (Fsp3) is 0.0741. The number of allylic oxidation sites excluding steroid dienone is 7. The number of pyridine rings is 1. The third-order valence-corrected chi connectivity index (χ3v) is 5.21. The average Bonchev–Trinajstić information content (AvgIpc) is 3.41. The number of rotatable bonds is 7. The molecular formula is C27H24FN5. The topological polar surface area (TPSA) is 70.2 Å². The fourth-order valence-corrected chi connectivity index (χ4v) is 3.65. The molecule has 0 amide bonds. The van der Waals surface area contributed by atoms with Crippen molar-refractivity contribution in [2.45, 2.75) is 13.8 Å². The molecule has 164 valence electrons. The molecular weight excluding hydrogens is 413 g/mol. The first-order valence-corrected chi connectivity index (χ1v) is 10.5. The first-order chi connectivity index (χ1) is 16.0. The van der Waals surface area contributed by atoms with Gasteiger partial charge in [-0.25, -0.2) is 14.4 Å². The van der Waals surface area contributed by atoms with Crippen LogP contribution in [-0.2, 0) is 0 Å². The second-order valence-electron chi connectivity index (χ2n) is 7.39. The average molecular weight is 438 g/mol. The number of benzene rings is 1. The number of nitrogens with one attached hydrogen (secondary N) is 2. The van der Waals surface area contributed by atoms with Crippen LogP contribution in [0.15, 0.2) is 86.0 Å². The molecule has 3 heterocycles. The lowest BCUT2D eigenvalue weighted by Crippen LogP contribution is -1.92. The molecule has 0 bridgehead atoms. The second-order valence-corrected chi connectivity index (χ2v) is 7.39. The zero-order chi connectivity index (χ0) is 23.4. The van der Waals surface area contributed by atoms with Gasteiger partial charge in [0.2, 0.25) is 0 Å². The van der Waals surface area contributed by atoms with E-state index in [-0.39, 0.29) is 5.82 Å². The van der Waals surface area contributed by atoms with Gasteiger partial charge in [-0.05, 0) is 49.2 Å². The minimum atomic E-state index is -0.309. The summed E-state index contributed by atoms with van der Waals surface area (Å²) in [4.78, 5) is 13.0. The summed E-state index contributed by atoms with van der Waals surface area (Å²) in [6.07, 6.45) is 11.0. The molecule has 3 aromatic heterocycles. The Hall–Kier alpha value is -4.32. The summed E-state index contributed by atoms with van der Waals surface area (Å²) in [5.41, 5.74) is 6.94. The zero-order valence-corrected chi connectivity index (χ0v) is 18.6. The number of hydrogen-bond acceptors (Lipinski definition) is 3. The van der Waals surface area contributed by atoms with E-state index in [2.05, 4.69) is 28.3 Å². The van der Waals surface area contributed by atoms with E-state index < -0.39 is 0 Å². The van der Waals surface area contributed by atoms with Gasteiger partial charge in [-0.2, -0.15) is 5.10 Å². The van der Waals surface area contributed by atoms with Crippen LogP contribution in [0.1, 0.15) is 29.6 Å². The molecule has 4 rings (SSSR count). The molecule has 0 unspecified atom stereocenters. The summed E-state index contributed by atoms with van der Waals surface area (Å²) in [6.45, 7) is 11.4. The molecule has 0 aliphatic carbocycles. The minimum absolute atomic E-state index is 0.309. The van der Waals surface area contributed by atoms with Crippen molar-refractivity contribution < 1.29 is 4.39 Å². The quantitative estimate of drug-likeness (QED) is 0.322. The molecule has 0 radical (unpaired) electrons. The Bertz CT molecular complexity index is 1430. The largest absolute Gasteiger partial charge is 0.340 e. The van der Waals surface area contributed by atoms with Gasteiger partial charge in [0.1, 0.15) is 11.3 Å². The van der Waals surface area contributed by atoms with Crippen LogP contribution >= 0.6 is 0 Å². The molecule has 5 nitrogen and oxygen atoms in total. The Balaban J connectivity index is 1.82. The molecule has 0 fully saturated rings. The molecule has 33 heavy (non-hydrogen) atoms. The summed E-state index contributed by atoms with van der Waals surface area (Å²) >= 11 is 0. The van der Waals surface area contributed by atoms with Gasteiger partial charge in [-0.1, -0.05) is 61.7 Å². The molecule has 0 saturated carbocycles. The summed E-state index contributed by atoms with van der Waals surface area (Å²) in [6, 6.07) is 10.3. The maximum Gasteiger partial charge on any atom is 0.161 e. The van der Waals surface area contributed by atoms with Gasteiger partial charge in [-0.3, -0.25) is 5.10 Å². The molecule has 0 aliphatic rings. The third-order valence-electron chi connectivity index (χ3n) is 5.21. The van der Waals surface area contributed by atoms with Crippen LogP contribution in [0, 0.1) is 12.7 Å². The smallest absolute Gasteiger partial charge is 0.161 e. The minimum Gasteiger partial charge on any atom is -0.340 e. The SMILES string of the molecule is C=C/C=C\C(=C/C)c1ccc2[nH]nc(-c3nc(/C(=C\C=C)c4cccc(F)c4)c(C)[nH]3)c2n1. The second kappa shape index (κ2) is 9.44. The summed E-state index contributed by atoms with van der Waals surface area (Å²) in [5.74, 6) is 0.268. The monoisotopic (exact) mass is 437 g/mol. The van der Waals surface area contributed by atoms with E-state index >= 15 is 0 Å². The lowest BCUT2D eigenvalue weighted by molar-refractivity contribution is 0.627. The number of H-pyrrole nitrogens is 2. The Kier molecular flexibility index (Phi) is 6.26. The van der Waals surface area contributed by atoms with Crippen molar-refractivity contribution >= 4 is 22.2 Å². The first kappa shape index (κ1) is 21.9. The lowest BCUT2D eigenvalue weighted by atomic mass is 10.0. The van der Waals surface area contributed by atoms with E-state index in [1.165, 1.54) is 12.1 Å². The number of halogens is 1. The highest BCUT2D eigenvalue weighted by molar-refractivity contribution is 5.90. The van der Waals surface area contributed by atoms with Crippen LogP contribution in [-0.4, -0.2) is 25.1 Å². The van der Waals surface area contributed by atoms with Crippen LogP contribution in [0.3, 0.4) is 0 Å². The van der Waals surface area contributed by atoms with Crippen molar-refractivity contribution in [2.24, 2.45) is 0 Å². The predicted octanol–water partition coefficient (Wildman–Crippen LogP) is 6.56. The number of aryl methyl sites for hydroxylation is 1. The van der Waals surface area contributed by atoms with Crippen molar-refractivity contribution in [3.63, 3.8) is 0 Å². The molecule has 6 heteroatoms. The Morgan fingerprint density at radius 2 is 1.94 bits per heavy atom. The van der Waals surface area contributed by atoms with Crippen LogP contribution in [0.25, 0.3) is 33.7 Å². The summed E-state index contributed by atoms with van der Waals surface area (Å²) in [5, 5.41) is 7.50. The number of fused-ring (bicyclic) bond motifs is 1. The van der Waals surface area contributed by atoms with Crippen LogP contribution in [0.4, 0.5) is 4.39 Å². The molecule has 0 atom stereocenters. The number of nitrogens with zero attached hydrogens (tertiary/aromatic N) is 3. The lowest BCUT2D eigenvalue weighted by Gasteiger charge is -2.06. The van der Waals surface area contributed by atoms with Gasteiger partial charge in [0.05, 0.1) is 16.9 Å². The number of imidazole rings is 1. The third kappa shape index (κ3) is 4.36. The van der Waals surface area contributed by atoms with Crippen molar-refractivity contribution in [1.29, 1.82) is 0 Å². The van der Waals surface area contributed by atoms with E-state index in [0.717, 1.165) is 33.6 Å². The maximum absolute atomic E-state index is 13.9. The van der Waals surface area contributed by atoms with Gasteiger partial charge in [0.25, 0.3) is 0 Å². The number of aromatic nitrogens is 5. The van der Waals surface area contributed by atoms with Crippen molar-refractivity contribution in [3.05, 3.63) is 114 Å². The van der Waals surface area contributed by atoms with Crippen LogP contribution < -0.4 is 0 Å². The van der Waals surface area contributed by atoms with Crippen LogP contribution in [0.5, 0.6) is 0 Å². The van der Waals surface area contributed by atoms with Crippen molar-refractivity contribution in [1.82, 2.24) is 25.1 Å².